The summed E-state index contributed by atoms with van der Waals surface area (Å²) in [6, 6.07) is 6.67. The van der Waals surface area contributed by atoms with E-state index in [1.807, 2.05) is 12.1 Å². The van der Waals surface area contributed by atoms with Crippen molar-refractivity contribution in [3.63, 3.8) is 0 Å². The summed E-state index contributed by atoms with van der Waals surface area (Å²) < 4.78 is 0. The highest BCUT2D eigenvalue weighted by Crippen LogP contribution is 2.05. The van der Waals surface area contributed by atoms with E-state index in [2.05, 4.69) is 17.6 Å². The minimum absolute atomic E-state index is 0.123. The van der Waals surface area contributed by atoms with Gasteiger partial charge in [0, 0.05) is 19.2 Å². The zero-order chi connectivity index (χ0) is 15.0. The molecule has 20 heavy (non-hydrogen) atoms. The van der Waals surface area contributed by atoms with Crippen LogP contribution in [0.15, 0.2) is 24.3 Å². The van der Waals surface area contributed by atoms with Gasteiger partial charge in [-0.1, -0.05) is 31.9 Å². The van der Waals surface area contributed by atoms with Gasteiger partial charge in [0.05, 0.1) is 6.04 Å². The van der Waals surface area contributed by atoms with Crippen molar-refractivity contribution >= 4 is 11.8 Å². The molecule has 0 aliphatic heterocycles. The molecule has 0 bridgehead atoms. The van der Waals surface area contributed by atoms with Gasteiger partial charge < -0.3 is 16.4 Å². The van der Waals surface area contributed by atoms with Gasteiger partial charge in [-0.3, -0.25) is 9.59 Å². The van der Waals surface area contributed by atoms with Crippen molar-refractivity contribution in [3.05, 3.63) is 35.4 Å². The number of hydrogen-bond donors (Lipinski definition) is 3. The van der Waals surface area contributed by atoms with Crippen molar-refractivity contribution in [2.45, 2.75) is 38.8 Å². The van der Waals surface area contributed by atoms with Crippen LogP contribution >= 0.6 is 0 Å². The molecule has 0 fully saturated rings. The summed E-state index contributed by atoms with van der Waals surface area (Å²) >= 11 is 0. The number of nitrogens with one attached hydrogen (secondary N) is 2. The maximum absolute atomic E-state index is 11.7. The van der Waals surface area contributed by atoms with Gasteiger partial charge in [0.2, 0.25) is 5.91 Å². The Labute approximate surface area is 119 Å². The highest BCUT2D eigenvalue weighted by molar-refractivity contribution is 5.93. The molecule has 0 aliphatic carbocycles. The number of benzene rings is 1. The lowest BCUT2D eigenvalue weighted by Crippen LogP contribution is -2.40. The maximum Gasteiger partial charge on any atom is 0.251 e. The first-order chi connectivity index (χ1) is 9.58. The molecule has 0 heterocycles. The van der Waals surface area contributed by atoms with Crippen LogP contribution in [0.1, 0.15) is 42.1 Å². The monoisotopic (exact) mass is 277 g/mol. The van der Waals surface area contributed by atoms with Crippen LogP contribution in [-0.2, 0) is 11.3 Å². The molecule has 0 saturated heterocycles. The molecule has 1 aromatic rings. The van der Waals surface area contributed by atoms with Crippen LogP contribution in [-0.4, -0.2) is 24.9 Å². The molecule has 4 N–H and O–H groups in total. The molecule has 5 heteroatoms. The van der Waals surface area contributed by atoms with Crippen molar-refractivity contribution < 1.29 is 9.59 Å². The molecule has 2 amide bonds. The first-order valence-corrected chi connectivity index (χ1v) is 6.92. The smallest absolute Gasteiger partial charge is 0.251 e. The van der Waals surface area contributed by atoms with E-state index < -0.39 is 6.04 Å². The predicted molar refractivity (Wildman–Crippen MR) is 79.2 cm³/mol. The fourth-order valence-electron chi connectivity index (χ4n) is 1.79. The van der Waals surface area contributed by atoms with E-state index in [0.717, 1.165) is 18.4 Å². The van der Waals surface area contributed by atoms with Crippen LogP contribution in [0.3, 0.4) is 0 Å². The molecule has 0 spiro atoms. The average Bonchev–Trinajstić information content (AvgIpc) is 2.49. The summed E-state index contributed by atoms with van der Waals surface area (Å²) in [4.78, 5) is 23.1. The average molecular weight is 277 g/mol. The van der Waals surface area contributed by atoms with E-state index >= 15 is 0 Å². The lowest BCUT2D eigenvalue weighted by atomic mass is 10.1. The summed E-state index contributed by atoms with van der Waals surface area (Å²) in [5.41, 5.74) is 7.32. The number of carbonyl (C=O) groups is 2. The van der Waals surface area contributed by atoms with Crippen LogP contribution in [0, 0.1) is 0 Å². The van der Waals surface area contributed by atoms with E-state index in [4.69, 9.17) is 5.73 Å². The van der Waals surface area contributed by atoms with E-state index in [1.165, 1.54) is 0 Å². The zero-order valence-electron chi connectivity index (χ0n) is 12.1. The van der Waals surface area contributed by atoms with Crippen LogP contribution in [0.25, 0.3) is 0 Å². The van der Waals surface area contributed by atoms with Gasteiger partial charge in [-0.15, -0.1) is 0 Å². The minimum Gasteiger partial charge on any atom is -0.355 e. The topological polar surface area (TPSA) is 84.2 Å². The second-order valence-corrected chi connectivity index (χ2v) is 4.74. The molecule has 0 unspecified atom stereocenters. The third-order valence-electron chi connectivity index (χ3n) is 3.12. The number of hydrogen-bond acceptors (Lipinski definition) is 3. The molecule has 110 valence electrons. The summed E-state index contributed by atoms with van der Waals surface area (Å²) in [5.74, 6) is -0.254. The Morgan fingerprint density at radius 3 is 2.45 bits per heavy atom. The van der Waals surface area contributed by atoms with Crippen LogP contribution in [0.2, 0.25) is 0 Å². The van der Waals surface area contributed by atoms with E-state index in [0.29, 0.717) is 18.5 Å². The normalized spacial score (nSPS) is 11.8. The van der Waals surface area contributed by atoms with Gasteiger partial charge in [-0.05, 0) is 24.1 Å². The van der Waals surface area contributed by atoms with Crippen LogP contribution < -0.4 is 16.4 Å². The van der Waals surface area contributed by atoms with E-state index in [1.54, 1.807) is 19.2 Å². The highest BCUT2D eigenvalue weighted by Gasteiger charge is 2.12. The Kier molecular flexibility index (Phi) is 6.73. The second kappa shape index (κ2) is 8.32. The molecular formula is C15H23N3O2. The lowest BCUT2D eigenvalue weighted by molar-refractivity contribution is -0.122. The van der Waals surface area contributed by atoms with Gasteiger partial charge in [0.1, 0.15) is 0 Å². The van der Waals surface area contributed by atoms with Crippen molar-refractivity contribution in [3.8, 4) is 0 Å². The number of nitrogens with two attached hydrogens (primary N) is 1. The summed E-state index contributed by atoms with van der Waals surface area (Å²) in [6.45, 7) is 2.49. The first-order valence-electron chi connectivity index (χ1n) is 6.92. The summed E-state index contributed by atoms with van der Waals surface area (Å²) in [6.07, 6.45) is 2.69. The van der Waals surface area contributed by atoms with Crippen LogP contribution in [0.4, 0.5) is 0 Å². The molecule has 0 aromatic heterocycles. The Bertz CT molecular complexity index is 443. The number of unbranched alkanes of at least 4 members (excludes halogenated alkanes) is 1. The molecule has 0 radical (unpaired) electrons. The number of carbonyl (C=O) groups excluding carboxylic acids is 2. The zero-order valence-corrected chi connectivity index (χ0v) is 12.1. The second-order valence-electron chi connectivity index (χ2n) is 4.74. The Morgan fingerprint density at radius 2 is 1.90 bits per heavy atom. The molecule has 1 aromatic carbocycles. The third kappa shape index (κ3) is 5.01. The standard InChI is InChI=1S/C15H23N3O2/c1-3-4-5-13(16)15(20)18-10-11-6-8-12(9-7-11)14(19)17-2/h6-9,13H,3-5,10,16H2,1-2H3,(H,17,19)(H,18,20)/t13-/m0/s1. The molecule has 0 saturated carbocycles. The maximum atomic E-state index is 11.7. The van der Waals surface area contributed by atoms with Gasteiger partial charge in [0.25, 0.3) is 5.91 Å². The molecule has 0 aliphatic rings. The fourth-order valence-corrected chi connectivity index (χ4v) is 1.79. The van der Waals surface area contributed by atoms with E-state index in [-0.39, 0.29) is 11.8 Å². The number of amides is 2. The molecule has 1 rings (SSSR count). The fraction of sp³-hybridized carbons (Fsp3) is 0.467. The largest absolute Gasteiger partial charge is 0.355 e. The molecular weight excluding hydrogens is 254 g/mol. The Balaban J connectivity index is 2.45. The van der Waals surface area contributed by atoms with E-state index in [9.17, 15) is 9.59 Å². The van der Waals surface area contributed by atoms with Crippen molar-refractivity contribution in [1.82, 2.24) is 10.6 Å². The van der Waals surface area contributed by atoms with Crippen molar-refractivity contribution in [2.75, 3.05) is 7.05 Å². The van der Waals surface area contributed by atoms with Crippen molar-refractivity contribution in [2.24, 2.45) is 5.73 Å². The van der Waals surface area contributed by atoms with Crippen molar-refractivity contribution in [1.29, 1.82) is 0 Å². The summed E-state index contributed by atoms with van der Waals surface area (Å²) in [5, 5.41) is 5.37. The highest BCUT2D eigenvalue weighted by atomic mass is 16.2. The third-order valence-corrected chi connectivity index (χ3v) is 3.12. The molecule has 5 nitrogen and oxygen atoms in total. The predicted octanol–water partition coefficient (Wildman–Crippen LogP) is 1.18. The summed E-state index contributed by atoms with van der Waals surface area (Å²) in [7, 11) is 1.59. The van der Waals surface area contributed by atoms with Gasteiger partial charge in [0.15, 0.2) is 0 Å². The quantitative estimate of drug-likeness (QED) is 0.699. The Hall–Kier alpha value is -1.88. The SMILES string of the molecule is CCCC[C@H](N)C(=O)NCc1ccc(C(=O)NC)cc1. The van der Waals surface area contributed by atoms with Gasteiger partial charge >= 0.3 is 0 Å². The number of rotatable bonds is 7. The lowest BCUT2D eigenvalue weighted by Gasteiger charge is -2.12. The van der Waals surface area contributed by atoms with Gasteiger partial charge in [-0.2, -0.15) is 0 Å². The minimum atomic E-state index is -0.444. The Morgan fingerprint density at radius 1 is 1.25 bits per heavy atom. The first kappa shape index (κ1) is 16.2. The van der Waals surface area contributed by atoms with Gasteiger partial charge in [-0.25, -0.2) is 0 Å². The molecule has 1 atom stereocenters. The van der Waals surface area contributed by atoms with Crippen LogP contribution in [0.5, 0.6) is 0 Å².